The molecule has 0 aliphatic carbocycles. The van der Waals surface area contributed by atoms with Gasteiger partial charge in [0.2, 0.25) is 5.91 Å². The molecule has 7 heteroatoms. The van der Waals surface area contributed by atoms with Gasteiger partial charge in [0.1, 0.15) is 5.69 Å². The van der Waals surface area contributed by atoms with Gasteiger partial charge in [0.05, 0.1) is 5.69 Å². The Kier molecular flexibility index (Phi) is 5.45. The molecule has 0 saturated carbocycles. The van der Waals surface area contributed by atoms with E-state index in [-0.39, 0.29) is 23.8 Å². The van der Waals surface area contributed by atoms with Gasteiger partial charge >= 0.3 is 0 Å². The number of aromatic nitrogens is 1. The van der Waals surface area contributed by atoms with E-state index < -0.39 is 0 Å². The molecule has 184 valence electrons. The number of nitrogens with zero attached hydrogens (tertiary/aromatic N) is 2. The fourth-order valence-corrected chi connectivity index (χ4v) is 6.15. The topological polar surface area (TPSA) is 68.4 Å². The maximum Gasteiger partial charge on any atom is 0.274 e. The van der Waals surface area contributed by atoms with Crippen molar-refractivity contribution < 1.29 is 9.59 Å². The molecule has 4 aromatic rings. The summed E-state index contributed by atoms with van der Waals surface area (Å²) in [5, 5.41) is 6.85. The highest BCUT2D eigenvalue weighted by molar-refractivity contribution is 6.19. The molecule has 0 unspecified atom stereocenters. The van der Waals surface area contributed by atoms with E-state index in [0.717, 1.165) is 56.3 Å². The molecule has 0 spiro atoms. The van der Waals surface area contributed by atoms with E-state index >= 15 is 0 Å². The van der Waals surface area contributed by atoms with Crippen LogP contribution in [0.1, 0.15) is 48.3 Å². The number of hydrogen-bond donors (Lipinski definition) is 2. The van der Waals surface area contributed by atoms with Crippen molar-refractivity contribution in [1.29, 1.82) is 0 Å². The van der Waals surface area contributed by atoms with Crippen LogP contribution < -0.4 is 15.1 Å². The highest BCUT2D eigenvalue weighted by Gasteiger charge is 2.35. The van der Waals surface area contributed by atoms with Crippen LogP contribution in [-0.4, -0.2) is 41.8 Å². The van der Waals surface area contributed by atoms with E-state index in [0.29, 0.717) is 24.7 Å². The third-order valence-electron chi connectivity index (χ3n) is 7.42. The van der Waals surface area contributed by atoms with Crippen molar-refractivity contribution in [1.82, 2.24) is 4.98 Å². The van der Waals surface area contributed by atoms with Crippen LogP contribution >= 0.6 is 11.6 Å². The van der Waals surface area contributed by atoms with Crippen molar-refractivity contribution in [3.63, 3.8) is 0 Å². The van der Waals surface area contributed by atoms with Crippen molar-refractivity contribution in [2.24, 2.45) is 0 Å². The Hall–Kier alpha value is -3.51. The molecule has 36 heavy (non-hydrogen) atoms. The number of alkyl halides is 1. The molecule has 3 heterocycles. The molecule has 1 aromatic heterocycles. The molecule has 6 nitrogen and oxygen atoms in total. The Morgan fingerprint density at radius 3 is 2.56 bits per heavy atom. The van der Waals surface area contributed by atoms with E-state index in [2.05, 4.69) is 42.3 Å². The van der Waals surface area contributed by atoms with Crippen LogP contribution in [0.3, 0.4) is 0 Å². The first-order valence-electron chi connectivity index (χ1n) is 12.5. The summed E-state index contributed by atoms with van der Waals surface area (Å²) in [4.78, 5) is 33.0. The summed E-state index contributed by atoms with van der Waals surface area (Å²) in [5.74, 6) is 0.472. The molecule has 3 aromatic carbocycles. The Labute approximate surface area is 215 Å². The van der Waals surface area contributed by atoms with E-state index in [1.54, 1.807) is 11.8 Å². The van der Waals surface area contributed by atoms with Crippen molar-refractivity contribution in [3.8, 4) is 0 Å². The van der Waals surface area contributed by atoms with Crippen LogP contribution in [0.4, 0.5) is 17.1 Å². The van der Waals surface area contributed by atoms with Gasteiger partial charge in [-0.25, -0.2) is 0 Å². The number of aromatic amines is 1. The Balaban J connectivity index is 1.45. The second-order valence-corrected chi connectivity index (χ2v) is 10.4. The molecule has 6 rings (SSSR count). The van der Waals surface area contributed by atoms with Crippen LogP contribution in [0.15, 0.2) is 48.5 Å². The predicted octanol–water partition coefficient (Wildman–Crippen LogP) is 6.03. The molecule has 1 atom stereocenters. The van der Waals surface area contributed by atoms with Crippen molar-refractivity contribution in [2.75, 3.05) is 34.1 Å². The SMILES string of the molecule is CC(=O)N1CCc2c1ccc1[nH]c(C(=O)N3C[C@@H](CCl)c4c3cc(NC(C)C)c3ccccc43)cc21. The minimum Gasteiger partial charge on any atom is -0.382 e. The molecule has 2 amide bonds. The Bertz CT molecular complexity index is 1540. The lowest BCUT2D eigenvalue weighted by atomic mass is 9.95. The lowest BCUT2D eigenvalue weighted by Crippen LogP contribution is -2.30. The number of H-pyrrole nitrogens is 1. The predicted molar refractivity (Wildman–Crippen MR) is 148 cm³/mol. The summed E-state index contributed by atoms with van der Waals surface area (Å²) in [7, 11) is 0. The average Bonchev–Trinajstić information content (AvgIpc) is 3.57. The second kappa shape index (κ2) is 8.56. The standard InChI is InChI=1S/C29H29ClN4O2/c1-16(2)31-24-13-27-28(21-7-5-4-6-19(21)24)18(14-30)15-34(27)29(36)25-12-22-20-10-11-33(17(3)35)26(20)9-8-23(22)32-25/h4-9,12-13,16,18,31-32H,10-11,14-15H2,1-3H3/t18-/m1/s1. The zero-order chi connectivity index (χ0) is 25.1. The van der Waals surface area contributed by atoms with Gasteiger partial charge in [0.25, 0.3) is 5.91 Å². The zero-order valence-corrected chi connectivity index (χ0v) is 21.4. The fraction of sp³-hybridized carbons (Fsp3) is 0.310. The number of rotatable bonds is 4. The molecule has 0 saturated heterocycles. The molecule has 2 aliphatic rings. The van der Waals surface area contributed by atoms with Crippen LogP contribution in [0, 0.1) is 0 Å². The van der Waals surface area contributed by atoms with E-state index in [1.165, 1.54) is 0 Å². The van der Waals surface area contributed by atoms with Gasteiger partial charge in [-0.05, 0) is 61.0 Å². The van der Waals surface area contributed by atoms with Gasteiger partial charge in [0.15, 0.2) is 0 Å². The average molecular weight is 501 g/mol. The minimum absolute atomic E-state index is 0.0405. The van der Waals surface area contributed by atoms with Gasteiger partial charge in [-0.3, -0.25) is 9.59 Å². The number of fused-ring (bicyclic) bond motifs is 6. The van der Waals surface area contributed by atoms with Crippen molar-refractivity contribution >= 4 is 62.2 Å². The van der Waals surface area contributed by atoms with Gasteiger partial charge in [-0.2, -0.15) is 0 Å². The molecule has 0 bridgehead atoms. The van der Waals surface area contributed by atoms with Crippen molar-refractivity contribution in [3.05, 3.63) is 65.4 Å². The minimum atomic E-state index is -0.0685. The number of anilines is 3. The monoisotopic (exact) mass is 500 g/mol. The molecule has 0 fully saturated rings. The Morgan fingerprint density at radius 2 is 1.83 bits per heavy atom. The summed E-state index contributed by atoms with van der Waals surface area (Å²) in [5.41, 5.74) is 6.59. The van der Waals surface area contributed by atoms with E-state index in [1.807, 2.05) is 35.2 Å². The first kappa shape index (κ1) is 22.9. The van der Waals surface area contributed by atoms with E-state index in [9.17, 15) is 9.59 Å². The van der Waals surface area contributed by atoms with Crippen LogP contribution in [0.5, 0.6) is 0 Å². The molecular weight excluding hydrogens is 472 g/mol. The molecule has 2 aliphatic heterocycles. The Morgan fingerprint density at radius 1 is 1.06 bits per heavy atom. The van der Waals surface area contributed by atoms with Crippen molar-refractivity contribution in [2.45, 2.75) is 39.2 Å². The summed E-state index contributed by atoms with van der Waals surface area (Å²) in [6.07, 6.45) is 0.787. The number of halogens is 1. The number of nitrogens with one attached hydrogen (secondary N) is 2. The first-order valence-corrected chi connectivity index (χ1v) is 13.0. The largest absolute Gasteiger partial charge is 0.382 e. The van der Waals surface area contributed by atoms with Gasteiger partial charge in [-0.15, -0.1) is 11.6 Å². The number of carbonyl (C=O) groups is 2. The number of amides is 2. The third kappa shape index (κ3) is 3.46. The number of benzene rings is 3. The van der Waals surface area contributed by atoms with Gasteiger partial charge < -0.3 is 20.1 Å². The van der Waals surface area contributed by atoms with Gasteiger partial charge in [0, 0.05) is 65.5 Å². The summed E-state index contributed by atoms with van der Waals surface area (Å²) in [6.45, 7) is 7.03. The number of hydrogen-bond acceptors (Lipinski definition) is 3. The molecular formula is C29H29ClN4O2. The number of carbonyl (C=O) groups excluding carboxylic acids is 2. The second-order valence-electron chi connectivity index (χ2n) is 10.1. The maximum atomic E-state index is 13.9. The quantitative estimate of drug-likeness (QED) is 0.336. The molecule has 2 N–H and O–H groups in total. The highest BCUT2D eigenvalue weighted by atomic mass is 35.5. The summed E-state index contributed by atoms with van der Waals surface area (Å²) >= 11 is 6.45. The van der Waals surface area contributed by atoms with Crippen LogP contribution in [0.25, 0.3) is 21.7 Å². The highest BCUT2D eigenvalue weighted by Crippen LogP contribution is 2.45. The fourth-order valence-electron chi connectivity index (χ4n) is 5.89. The smallest absolute Gasteiger partial charge is 0.274 e. The van der Waals surface area contributed by atoms with Crippen LogP contribution in [0.2, 0.25) is 0 Å². The third-order valence-corrected chi connectivity index (χ3v) is 7.79. The summed E-state index contributed by atoms with van der Waals surface area (Å²) in [6, 6.07) is 16.6. The zero-order valence-electron chi connectivity index (χ0n) is 20.7. The maximum absolute atomic E-state index is 13.9. The van der Waals surface area contributed by atoms with E-state index in [4.69, 9.17) is 11.6 Å². The van der Waals surface area contributed by atoms with Crippen LogP contribution in [-0.2, 0) is 11.2 Å². The lowest BCUT2D eigenvalue weighted by Gasteiger charge is -2.20. The first-order chi connectivity index (χ1) is 17.4. The molecule has 0 radical (unpaired) electrons. The normalized spacial score (nSPS) is 16.8. The van der Waals surface area contributed by atoms with Gasteiger partial charge in [-0.1, -0.05) is 24.3 Å². The summed E-state index contributed by atoms with van der Waals surface area (Å²) < 4.78 is 0. The lowest BCUT2D eigenvalue weighted by molar-refractivity contribution is -0.116.